The molecule has 0 radical (unpaired) electrons. The first-order valence-corrected chi connectivity index (χ1v) is 6.54. The molecule has 2 N–H and O–H groups in total. The molecule has 0 spiro atoms. The number of benzene rings is 1. The molecule has 20 heavy (non-hydrogen) atoms. The molecule has 1 heterocycles. The molecule has 108 valence electrons. The van der Waals surface area contributed by atoms with E-state index in [0.29, 0.717) is 25.1 Å². The molecule has 0 aromatic heterocycles. The predicted octanol–water partition coefficient (Wildman–Crippen LogP) is 0.988. The van der Waals surface area contributed by atoms with E-state index in [1.165, 1.54) is 24.3 Å². The SMILES string of the molecule is CC(Oc1ccc(F)cc1)C(=O)NC1CCC(=O)NC1. The number of ether oxygens (including phenoxy) is 1. The molecule has 2 rings (SSSR count). The zero-order valence-electron chi connectivity index (χ0n) is 11.2. The second-order valence-electron chi connectivity index (χ2n) is 4.76. The van der Waals surface area contributed by atoms with E-state index >= 15 is 0 Å². The van der Waals surface area contributed by atoms with Crippen LogP contribution in [0.3, 0.4) is 0 Å². The summed E-state index contributed by atoms with van der Waals surface area (Å²) in [7, 11) is 0. The molecular formula is C14H17FN2O3. The third-order valence-electron chi connectivity index (χ3n) is 3.11. The van der Waals surface area contributed by atoms with E-state index in [9.17, 15) is 14.0 Å². The molecule has 1 saturated heterocycles. The van der Waals surface area contributed by atoms with Crippen molar-refractivity contribution in [3.05, 3.63) is 30.1 Å². The van der Waals surface area contributed by atoms with Crippen molar-refractivity contribution in [1.82, 2.24) is 10.6 Å². The molecule has 1 fully saturated rings. The highest BCUT2D eigenvalue weighted by Crippen LogP contribution is 2.13. The van der Waals surface area contributed by atoms with Crippen molar-refractivity contribution in [3.63, 3.8) is 0 Å². The van der Waals surface area contributed by atoms with Crippen molar-refractivity contribution in [2.45, 2.75) is 31.9 Å². The molecule has 6 heteroatoms. The molecule has 2 unspecified atom stereocenters. The van der Waals surface area contributed by atoms with Crippen molar-refractivity contribution < 1.29 is 18.7 Å². The van der Waals surface area contributed by atoms with E-state index in [0.717, 1.165) is 0 Å². The van der Waals surface area contributed by atoms with Gasteiger partial charge in [0.15, 0.2) is 6.10 Å². The Morgan fingerprint density at radius 1 is 1.45 bits per heavy atom. The Kier molecular flexibility index (Phi) is 4.55. The van der Waals surface area contributed by atoms with Crippen molar-refractivity contribution >= 4 is 11.8 Å². The predicted molar refractivity (Wildman–Crippen MR) is 70.7 cm³/mol. The Morgan fingerprint density at radius 3 is 2.75 bits per heavy atom. The zero-order valence-corrected chi connectivity index (χ0v) is 11.2. The lowest BCUT2D eigenvalue weighted by Gasteiger charge is -2.25. The number of halogens is 1. The average molecular weight is 280 g/mol. The van der Waals surface area contributed by atoms with Crippen molar-refractivity contribution in [3.8, 4) is 5.75 Å². The van der Waals surface area contributed by atoms with Crippen LogP contribution in [0.25, 0.3) is 0 Å². The van der Waals surface area contributed by atoms with Gasteiger partial charge in [-0.3, -0.25) is 9.59 Å². The normalized spacial score (nSPS) is 19.9. The molecule has 5 nitrogen and oxygen atoms in total. The maximum absolute atomic E-state index is 12.8. The van der Waals surface area contributed by atoms with Crippen LogP contribution in [0.2, 0.25) is 0 Å². The fraction of sp³-hybridized carbons (Fsp3) is 0.429. The van der Waals surface area contributed by atoms with Gasteiger partial charge in [-0.15, -0.1) is 0 Å². The van der Waals surface area contributed by atoms with Gasteiger partial charge >= 0.3 is 0 Å². The van der Waals surface area contributed by atoms with Crippen LogP contribution >= 0.6 is 0 Å². The Morgan fingerprint density at radius 2 is 2.15 bits per heavy atom. The first-order valence-electron chi connectivity index (χ1n) is 6.54. The fourth-order valence-electron chi connectivity index (χ4n) is 1.95. The van der Waals surface area contributed by atoms with Gasteiger partial charge in [0.25, 0.3) is 5.91 Å². The maximum atomic E-state index is 12.8. The van der Waals surface area contributed by atoms with Crippen LogP contribution < -0.4 is 15.4 Å². The summed E-state index contributed by atoms with van der Waals surface area (Å²) in [6.07, 6.45) is 0.358. The molecular weight excluding hydrogens is 263 g/mol. The van der Waals surface area contributed by atoms with Gasteiger partial charge in [0.1, 0.15) is 11.6 Å². The quantitative estimate of drug-likeness (QED) is 0.864. The molecule has 0 bridgehead atoms. The van der Waals surface area contributed by atoms with E-state index in [2.05, 4.69) is 10.6 Å². The van der Waals surface area contributed by atoms with E-state index in [1.54, 1.807) is 6.92 Å². The van der Waals surface area contributed by atoms with Gasteiger partial charge in [0.2, 0.25) is 5.91 Å². The molecule has 0 aliphatic carbocycles. The van der Waals surface area contributed by atoms with Crippen molar-refractivity contribution in [1.29, 1.82) is 0 Å². The van der Waals surface area contributed by atoms with Gasteiger partial charge in [0, 0.05) is 19.0 Å². The monoisotopic (exact) mass is 280 g/mol. The van der Waals surface area contributed by atoms with E-state index in [-0.39, 0.29) is 23.7 Å². The number of piperidine rings is 1. The molecule has 1 aliphatic heterocycles. The molecule has 1 aliphatic rings. The molecule has 0 saturated carbocycles. The lowest BCUT2D eigenvalue weighted by Crippen LogP contribution is -2.50. The van der Waals surface area contributed by atoms with Gasteiger partial charge in [-0.1, -0.05) is 0 Å². The summed E-state index contributed by atoms with van der Waals surface area (Å²) in [5, 5.41) is 5.51. The lowest BCUT2D eigenvalue weighted by molar-refractivity contribution is -0.129. The maximum Gasteiger partial charge on any atom is 0.261 e. The standard InChI is InChI=1S/C14H17FN2O3/c1-9(20-12-5-2-10(15)3-6-12)14(19)17-11-4-7-13(18)16-8-11/h2-3,5-6,9,11H,4,7-8H2,1H3,(H,16,18)(H,17,19). The van der Waals surface area contributed by atoms with Crippen LogP contribution in [0.1, 0.15) is 19.8 Å². The summed E-state index contributed by atoms with van der Waals surface area (Å²) in [4.78, 5) is 23.0. The van der Waals surface area contributed by atoms with Crippen LogP contribution in [0.15, 0.2) is 24.3 Å². The topological polar surface area (TPSA) is 67.4 Å². The smallest absolute Gasteiger partial charge is 0.261 e. The van der Waals surface area contributed by atoms with Gasteiger partial charge in [-0.25, -0.2) is 4.39 Å². The zero-order chi connectivity index (χ0) is 14.5. The van der Waals surface area contributed by atoms with Gasteiger partial charge in [-0.05, 0) is 37.6 Å². The Bertz CT molecular complexity index is 480. The van der Waals surface area contributed by atoms with Gasteiger partial charge in [-0.2, -0.15) is 0 Å². The first kappa shape index (κ1) is 14.3. The molecule has 1 aromatic carbocycles. The number of carbonyl (C=O) groups is 2. The van der Waals surface area contributed by atoms with Crippen molar-refractivity contribution in [2.24, 2.45) is 0 Å². The number of amides is 2. The lowest BCUT2D eigenvalue weighted by atomic mass is 10.1. The Labute approximate surface area is 116 Å². The first-order chi connectivity index (χ1) is 9.54. The molecule has 1 aromatic rings. The Hall–Kier alpha value is -2.11. The Balaban J connectivity index is 1.82. The second-order valence-corrected chi connectivity index (χ2v) is 4.76. The number of rotatable bonds is 4. The minimum Gasteiger partial charge on any atom is -0.481 e. The fourth-order valence-corrected chi connectivity index (χ4v) is 1.95. The third kappa shape index (κ3) is 3.94. The van der Waals surface area contributed by atoms with Crippen LogP contribution in [-0.2, 0) is 9.59 Å². The minimum atomic E-state index is -0.682. The van der Waals surface area contributed by atoms with Crippen LogP contribution in [0.4, 0.5) is 4.39 Å². The summed E-state index contributed by atoms with van der Waals surface area (Å²) in [6.45, 7) is 2.06. The van der Waals surface area contributed by atoms with Crippen LogP contribution in [-0.4, -0.2) is 30.5 Å². The van der Waals surface area contributed by atoms with Crippen LogP contribution in [0.5, 0.6) is 5.75 Å². The molecule has 2 atom stereocenters. The summed E-state index contributed by atoms with van der Waals surface area (Å²) < 4.78 is 18.2. The third-order valence-corrected chi connectivity index (χ3v) is 3.11. The number of hydrogen-bond donors (Lipinski definition) is 2. The summed E-state index contributed by atoms with van der Waals surface area (Å²) >= 11 is 0. The highest BCUT2D eigenvalue weighted by Gasteiger charge is 2.22. The number of nitrogens with one attached hydrogen (secondary N) is 2. The van der Waals surface area contributed by atoms with Crippen molar-refractivity contribution in [2.75, 3.05) is 6.54 Å². The highest BCUT2D eigenvalue weighted by molar-refractivity contribution is 5.82. The highest BCUT2D eigenvalue weighted by atomic mass is 19.1. The molecule has 2 amide bonds. The van der Waals surface area contributed by atoms with Crippen LogP contribution in [0, 0.1) is 5.82 Å². The summed E-state index contributed by atoms with van der Waals surface area (Å²) in [5.41, 5.74) is 0. The summed E-state index contributed by atoms with van der Waals surface area (Å²) in [5.74, 6) is -0.167. The minimum absolute atomic E-state index is 0.00566. The average Bonchev–Trinajstić information content (AvgIpc) is 2.44. The number of hydrogen-bond acceptors (Lipinski definition) is 3. The summed E-state index contributed by atoms with van der Waals surface area (Å²) in [6, 6.07) is 5.42. The van der Waals surface area contributed by atoms with E-state index < -0.39 is 6.10 Å². The van der Waals surface area contributed by atoms with Gasteiger partial charge in [0.05, 0.1) is 0 Å². The van der Waals surface area contributed by atoms with E-state index in [4.69, 9.17) is 4.74 Å². The van der Waals surface area contributed by atoms with Gasteiger partial charge < -0.3 is 15.4 Å². The second kappa shape index (κ2) is 6.36. The van der Waals surface area contributed by atoms with E-state index in [1.807, 2.05) is 0 Å². The largest absolute Gasteiger partial charge is 0.481 e. The number of carbonyl (C=O) groups excluding carboxylic acids is 2.